The number of ether oxygens (including phenoxy) is 1. The van der Waals surface area contributed by atoms with E-state index in [1.165, 1.54) is 23.8 Å². The second kappa shape index (κ2) is 6.83. The van der Waals surface area contributed by atoms with E-state index in [0.29, 0.717) is 5.75 Å². The van der Waals surface area contributed by atoms with Gasteiger partial charge in [0.1, 0.15) is 12.1 Å². The third-order valence-electron chi connectivity index (χ3n) is 3.14. The lowest BCUT2D eigenvalue weighted by Crippen LogP contribution is -2.55. The molecular formula is C12H20N2O5S. The molecule has 1 fully saturated rings. The number of aliphatic carboxylic acids is 1. The first-order valence-electron chi connectivity index (χ1n) is 6.30. The molecule has 7 nitrogen and oxygen atoms in total. The number of amides is 2. The SMILES string of the molecule is COC(=O)C(NC(=O)N1C(C)SCC1C(=O)O)C(C)C. The van der Waals surface area contributed by atoms with Crippen molar-refractivity contribution in [2.45, 2.75) is 38.2 Å². The number of hydrogen-bond acceptors (Lipinski definition) is 5. The zero-order valence-electron chi connectivity index (χ0n) is 12.0. The number of carbonyl (C=O) groups is 3. The van der Waals surface area contributed by atoms with Crippen LogP contribution in [-0.4, -0.2) is 58.3 Å². The van der Waals surface area contributed by atoms with Crippen LogP contribution < -0.4 is 5.32 Å². The molecule has 1 heterocycles. The number of carboxylic acids is 1. The van der Waals surface area contributed by atoms with Gasteiger partial charge in [0.2, 0.25) is 0 Å². The van der Waals surface area contributed by atoms with Crippen molar-refractivity contribution in [1.82, 2.24) is 10.2 Å². The van der Waals surface area contributed by atoms with Crippen molar-refractivity contribution in [3.05, 3.63) is 0 Å². The second-order valence-electron chi connectivity index (χ2n) is 4.89. The Kier molecular flexibility index (Phi) is 5.67. The minimum atomic E-state index is -1.05. The zero-order valence-corrected chi connectivity index (χ0v) is 12.8. The molecule has 1 saturated heterocycles. The van der Waals surface area contributed by atoms with Crippen LogP contribution in [0.5, 0.6) is 0 Å². The molecule has 0 aromatic rings. The third-order valence-corrected chi connectivity index (χ3v) is 4.36. The van der Waals surface area contributed by atoms with E-state index in [0.717, 1.165) is 0 Å². The van der Waals surface area contributed by atoms with Crippen LogP contribution in [0.4, 0.5) is 4.79 Å². The summed E-state index contributed by atoms with van der Waals surface area (Å²) in [5.41, 5.74) is 0. The maximum Gasteiger partial charge on any atom is 0.328 e. The molecule has 2 amide bonds. The predicted octanol–water partition coefficient (Wildman–Crippen LogP) is 0.742. The minimum absolute atomic E-state index is 0.153. The number of hydrogen-bond donors (Lipinski definition) is 2. The molecule has 2 N–H and O–H groups in total. The van der Waals surface area contributed by atoms with Gasteiger partial charge < -0.3 is 15.2 Å². The van der Waals surface area contributed by atoms with Crippen LogP contribution in [0.15, 0.2) is 0 Å². The highest BCUT2D eigenvalue weighted by Crippen LogP contribution is 2.28. The third kappa shape index (κ3) is 3.56. The Balaban J connectivity index is 2.82. The minimum Gasteiger partial charge on any atom is -0.480 e. The fourth-order valence-corrected chi connectivity index (χ4v) is 3.14. The molecule has 20 heavy (non-hydrogen) atoms. The Morgan fingerprint density at radius 1 is 1.40 bits per heavy atom. The van der Waals surface area contributed by atoms with Gasteiger partial charge in [-0.2, -0.15) is 0 Å². The maximum atomic E-state index is 12.2. The summed E-state index contributed by atoms with van der Waals surface area (Å²) in [6.07, 6.45) is 0. The number of carbonyl (C=O) groups excluding carboxylic acids is 2. The zero-order chi connectivity index (χ0) is 15.4. The average Bonchev–Trinajstić information content (AvgIpc) is 2.76. The Labute approximate surface area is 122 Å². The molecule has 0 radical (unpaired) electrons. The van der Waals surface area contributed by atoms with Gasteiger partial charge in [0, 0.05) is 5.75 Å². The van der Waals surface area contributed by atoms with Gasteiger partial charge in [-0.05, 0) is 12.8 Å². The summed E-state index contributed by atoms with van der Waals surface area (Å²) in [4.78, 5) is 36.3. The van der Waals surface area contributed by atoms with E-state index in [2.05, 4.69) is 10.1 Å². The summed E-state index contributed by atoms with van der Waals surface area (Å²) in [6.45, 7) is 5.31. The molecule has 114 valence electrons. The Bertz CT molecular complexity index is 401. The van der Waals surface area contributed by atoms with Crippen molar-refractivity contribution >= 4 is 29.7 Å². The Morgan fingerprint density at radius 3 is 2.45 bits per heavy atom. The quantitative estimate of drug-likeness (QED) is 0.744. The van der Waals surface area contributed by atoms with Gasteiger partial charge in [0.25, 0.3) is 0 Å². The normalized spacial score (nSPS) is 23.6. The molecule has 8 heteroatoms. The van der Waals surface area contributed by atoms with E-state index < -0.39 is 30.1 Å². The lowest BCUT2D eigenvalue weighted by molar-refractivity contribution is -0.144. The lowest BCUT2D eigenvalue weighted by Gasteiger charge is -2.28. The van der Waals surface area contributed by atoms with E-state index in [9.17, 15) is 14.4 Å². The summed E-state index contributed by atoms with van der Waals surface area (Å²) in [6, 6.07) is -2.22. The predicted molar refractivity (Wildman–Crippen MR) is 74.4 cm³/mol. The van der Waals surface area contributed by atoms with Crippen LogP contribution in [-0.2, 0) is 14.3 Å². The largest absolute Gasteiger partial charge is 0.480 e. The van der Waals surface area contributed by atoms with Gasteiger partial charge >= 0.3 is 18.0 Å². The highest BCUT2D eigenvalue weighted by atomic mass is 32.2. The molecule has 0 spiro atoms. The number of urea groups is 1. The van der Waals surface area contributed by atoms with Crippen LogP contribution in [0.3, 0.4) is 0 Å². The van der Waals surface area contributed by atoms with Gasteiger partial charge in [0.05, 0.1) is 12.5 Å². The van der Waals surface area contributed by atoms with Crippen molar-refractivity contribution in [2.24, 2.45) is 5.92 Å². The van der Waals surface area contributed by atoms with Gasteiger partial charge in [0.15, 0.2) is 0 Å². The van der Waals surface area contributed by atoms with Crippen LogP contribution in [0.2, 0.25) is 0 Å². The summed E-state index contributed by atoms with van der Waals surface area (Å²) in [7, 11) is 1.25. The molecule has 0 bridgehead atoms. The first-order chi connectivity index (χ1) is 9.29. The number of nitrogens with zero attached hydrogens (tertiary/aromatic N) is 1. The monoisotopic (exact) mass is 304 g/mol. The van der Waals surface area contributed by atoms with Crippen molar-refractivity contribution < 1.29 is 24.2 Å². The van der Waals surface area contributed by atoms with Crippen molar-refractivity contribution in [2.75, 3.05) is 12.9 Å². The highest BCUT2D eigenvalue weighted by Gasteiger charge is 2.41. The van der Waals surface area contributed by atoms with E-state index in [4.69, 9.17) is 5.11 Å². The number of thioether (sulfide) groups is 1. The summed E-state index contributed by atoms with van der Waals surface area (Å²) in [5.74, 6) is -1.40. The number of carboxylic acid groups (broad SMARTS) is 1. The van der Waals surface area contributed by atoms with Crippen molar-refractivity contribution in [3.63, 3.8) is 0 Å². The van der Waals surface area contributed by atoms with Crippen LogP contribution in [0.25, 0.3) is 0 Å². The molecule has 0 saturated carbocycles. The Hall–Kier alpha value is -1.44. The molecule has 1 rings (SSSR count). The van der Waals surface area contributed by atoms with Gasteiger partial charge in [-0.1, -0.05) is 13.8 Å². The van der Waals surface area contributed by atoms with E-state index in [1.807, 2.05) is 0 Å². The molecule has 0 aromatic heterocycles. The average molecular weight is 304 g/mol. The van der Waals surface area contributed by atoms with E-state index in [1.54, 1.807) is 20.8 Å². The molecule has 3 atom stereocenters. The molecule has 0 aliphatic carbocycles. The van der Waals surface area contributed by atoms with Crippen molar-refractivity contribution in [1.29, 1.82) is 0 Å². The number of esters is 1. The number of nitrogens with one attached hydrogen (secondary N) is 1. The lowest BCUT2D eigenvalue weighted by atomic mass is 10.1. The first-order valence-corrected chi connectivity index (χ1v) is 7.35. The standard InChI is InChI=1S/C12H20N2O5S/c1-6(2)9(11(17)19-4)13-12(18)14-7(3)20-5-8(14)10(15)16/h6-9H,5H2,1-4H3,(H,13,18)(H,15,16). The van der Waals surface area contributed by atoms with Crippen LogP contribution in [0, 0.1) is 5.92 Å². The van der Waals surface area contributed by atoms with Gasteiger partial charge in [-0.25, -0.2) is 14.4 Å². The first kappa shape index (κ1) is 16.6. The number of methoxy groups -OCH3 is 1. The summed E-state index contributed by atoms with van der Waals surface area (Å²) in [5, 5.41) is 11.4. The Morgan fingerprint density at radius 2 is 2.00 bits per heavy atom. The van der Waals surface area contributed by atoms with Crippen molar-refractivity contribution in [3.8, 4) is 0 Å². The van der Waals surface area contributed by atoms with E-state index >= 15 is 0 Å². The smallest absolute Gasteiger partial charge is 0.328 e. The maximum absolute atomic E-state index is 12.2. The second-order valence-corrected chi connectivity index (χ2v) is 6.24. The van der Waals surface area contributed by atoms with Crippen LogP contribution in [0.1, 0.15) is 20.8 Å². The molecule has 1 aliphatic heterocycles. The van der Waals surface area contributed by atoms with E-state index in [-0.39, 0.29) is 11.3 Å². The summed E-state index contributed by atoms with van der Waals surface area (Å²) >= 11 is 1.39. The molecule has 1 aliphatic rings. The fraction of sp³-hybridized carbons (Fsp3) is 0.750. The summed E-state index contributed by atoms with van der Waals surface area (Å²) < 4.78 is 4.64. The van der Waals surface area contributed by atoms with Crippen LogP contribution >= 0.6 is 11.8 Å². The molecule has 0 aromatic carbocycles. The topological polar surface area (TPSA) is 95.9 Å². The molecular weight excluding hydrogens is 284 g/mol. The van der Waals surface area contributed by atoms with Gasteiger partial charge in [-0.15, -0.1) is 11.8 Å². The molecule has 3 unspecified atom stereocenters. The fourth-order valence-electron chi connectivity index (χ4n) is 1.97. The van der Waals surface area contributed by atoms with Gasteiger partial charge in [-0.3, -0.25) is 4.90 Å². The number of rotatable bonds is 4. The highest BCUT2D eigenvalue weighted by molar-refractivity contribution is 8.00.